The van der Waals surface area contributed by atoms with E-state index in [1.54, 1.807) is 0 Å². The van der Waals surface area contributed by atoms with Gasteiger partial charge in [-0.2, -0.15) is 0 Å². The van der Waals surface area contributed by atoms with Gasteiger partial charge in [0, 0.05) is 0 Å². The molecule has 0 bridgehead atoms. The number of carboxylic acid groups (broad SMARTS) is 1. The lowest BCUT2D eigenvalue weighted by Gasteiger charge is -2.38. The van der Waals surface area contributed by atoms with Gasteiger partial charge >= 0.3 is 5.97 Å². The summed E-state index contributed by atoms with van der Waals surface area (Å²) in [5.41, 5.74) is 3.22. The van der Waals surface area contributed by atoms with Gasteiger partial charge in [0.15, 0.2) is 0 Å². The van der Waals surface area contributed by atoms with Crippen LogP contribution in [0.1, 0.15) is 37.0 Å². The summed E-state index contributed by atoms with van der Waals surface area (Å²) in [4.78, 5) is 11.4. The Balaban J connectivity index is 2.08. The molecule has 1 N–H and O–H groups in total. The highest BCUT2D eigenvalue weighted by Gasteiger charge is 2.42. The van der Waals surface area contributed by atoms with Crippen molar-refractivity contribution in [3.63, 3.8) is 0 Å². The molecule has 3 nitrogen and oxygen atoms in total. The summed E-state index contributed by atoms with van der Waals surface area (Å²) >= 11 is 0. The second kappa shape index (κ2) is 3.74. The Kier molecular flexibility index (Phi) is 2.40. The molecule has 3 rings (SSSR count). The predicted molar refractivity (Wildman–Crippen MR) is 68.0 cm³/mol. The van der Waals surface area contributed by atoms with Crippen molar-refractivity contribution in [3.8, 4) is 5.75 Å². The van der Waals surface area contributed by atoms with Gasteiger partial charge in [0.2, 0.25) is 0 Å². The first-order chi connectivity index (χ1) is 8.49. The maximum absolute atomic E-state index is 11.4. The minimum atomic E-state index is -0.763. The Morgan fingerprint density at radius 3 is 2.83 bits per heavy atom. The van der Waals surface area contributed by atoms with Crippen LogP contribution in [0.2, 0.25) is 0 Å². The lowest BCUT2D eigenvalue weighted by Crippen LogP contribution is -2.46. The van der Waals surface area contributed by atoms with E-state index in [1.807, 2.05) is 19.9 Å². The van der Waals surface area contributed by atoms with Crippen LogP contribution in [0, 0.1) is 5.92 Å². The lowest BCUT2D eigenvalue weighted by molar-refractivity contribution is -0.149. The predicted octanol–water partition coefficient (Wildman–Crippen LogP) is 2.59. The van der Waals surface area contributed by atoms with Gasteiger partial charge in [0.1, 0.15) is 11.4 Å². The van der Waals surface area contributed by atoms with E-state index >= 15 is 0 Å². The molecule has 96 valence electrons. The monoisotopic (exact) mass is 246 g/mol. The fraction of sp³-hybridized carbons (Fsp3) is 0.533. The van der Waals surface area contributed by atoms with Crippen LogP contribution in [-0.4, -0.2) is 16.7 Å². The van der Waals surface area contributed by atoms with Crippen LogP contribution < -0.4 is 4.74 Å². The number of carboxylic acids is 1. The van der Waals surface area contributed by atoms with Crippen LogP contribution in [0.15, 0.2) is 12.1 Å². The number of hydrogen-bond donors (Lipinski definition) is 1. The topological polar surface area (TPSA) is 46.5 Å². The molecule has 2 aliphatic rings. The molecule has 1 aliphatic heterocycles. The van der Waals surface area contributed by atoms with Crippen molar-refractivity contribution in [3.05, 3.63) is 28.8 Å². The lowest BCUT2D eigenvalue weighted by atomic mass is 9.80. The van der Waals surface area contributed by atoms with Gasteiger partial charge in [-0.3, -0.25) is 4.79 Å². The number of hydrogen-bond acceptors (Lipinski definition) is 2. The molecule has 1 aromatic rings. The van der Waals surface area contributed by atoms with Gasteiger partial charge in [0.05, 0.1) is 5.92 Å². The van der Waals surface area contributed by atoms with Gasteiger partial charge in [-0.15, -0.1) is 0 Å². The van der Waals surface area contributed by atoms with E-state index in [2.05, 4.69) is 6.07 Å². The fourth-order valence-corrected chi connectivity index (χ4v) is 3.23. The molecule has 0 saturated carbocycles. The Morgan fingerprint density at radius 2 is 2.11 bits per heavy atom. The standard InChI is InChI=1S/C15H18O3/c1-15(2)12(14(16)17)8-11-10-5-3-4-9(10)6-7-13(11)18-15/h6-7,12H,3-5,8H2,1-2H3,(H,16,17). The first-order valence-electron chi connectivity index (χ1n) is 6.54. The molecule has 1 aliphatic carbocycles. The maximum atomic E-state index is 11.4. The second-order valence-electron chi connectivity index (χ2n) is 5.83. The molecular formula is C15H18O3. The van der Waals surface area contributed by atoms with Gasteiger partial charge < -0.3 is 9.84 Å². The molecule has 1 aromatic carbocycles. The number of aliphatic carboxylic acids is 1. The quantitative estimate of drug-likeness (QED) is 0.828. The minimum absolute atomic E-state index is 0.461. The highest BCUT2D eigenvalue weighted by atomic mass is 16.5. The highest BCUT2D eigenvalue weighted by Crippen LogP contribution is 2.41. The molecule has 0 radical (unpaired) electrons. The zero-order valence-corrected chi connectivity index (χ0v) is 10.8. The summed E-state index contributed by atoms with van der Waals surface area (Å²) < 4.78 is 5.94. The van der Waals surface area contributed by atoms with Gasteiger partial charge in [-0.05, 0) is 62.3 Å². The van der Waals surface area contributed by atoms with Crippen molar-refractivity contribution in [1.82, 2.24) is 0 Å². The average Bonchev–Trinajstić information content (AvgIpc) is 2.74. The van der Waals surface area contributed by atoms with Gasteiger partial charge in [0.25, 0.3) is 0 Å². The van der Waals surface area contributed by atoms with E-state index in [4.69, 9.17) is 4.74 Å². The van der Waals surface area contributed by atoms with Crippen molar-refractivity contribution in [1.29, 1.82) is 0 Å². The Morgan fingerprint density at radius 1 is 1.33 bits per heavy atom. The number of benzene rings is 1. The first kappa shape index (κ1) is 11.6. The molecule has 0 amide bonds. The van der Waals surface area contributed by atoms with E-state index in [1.165, 1.54) is 17.5 Å². The molecule has 0 fully saturated rings. The largest absolute Gasteiger partial charge is 0.487 e. The molecular weight excluding hydrogens is 228 g/mol. The molecule has 1 heterocycles. The Bertz CT molecular complexity index is 517. The van der Waals surface area contributed by atoms with Crippen LogP contribution in [-0.2, 0) is 24.1 Å². The normalized spacial score (nSPS) is 24.0. The van der Waals surface area contributed by atoms with E-state index in [0.29, 0.717) is 6.42 Å². The van der Waals surface area contributed by atoms with Crippen LogP contribution >= 0.6 is 0 Å². The highest BCUT2D eigenvalue weighted by molar-refractivity contribution is 5.73. The molecule has 1 atom stereocenters. The summed E-state index contributed by atoms with van der Waals surface area (Å²) in [6.07, 6.45) is 3.95. The van der Waals surface area contributed by atoms with Crippen LogP contribution in [0.3, 0.4) is 0 Å². The fourth-order valence-electron chi connectivity index (χ4n) is 3.23. The number of ether oxygens (including phenoxy) is 1. The van der Waals surface area contributed by atoms with E-state index in [0.717, 1.165) is 24.2 Å². The number of aryl methyl sites for hydroxylation is 1. The second-order valence-corrected chi connectivity index (χ2v) is 5.83. The third-order valence-corrected chi connectivity index (χ3v) is 4.28. The van der Waals surface area contributed by atoms with Crippen molar-refractivity contribution in [2.45, 2.75) is 45.1 Å². The van der Waals surface area contributed by atoms with Crippen LogP contribution in [0.25, 0.3) is 0 Å². The van der Waals surface area contributed by atoms with Crippen molar-refractivity contribution in [2.24, 2.45) is 5.92 Å². The van der Waals surface area contributed by atoms with Crippen LogP contribution in [0.4, 0.5) is 0 Å². The zero-order valence-electron chi connectivity index (χ0n) is 10.8. The molecule has 1 unspecified atom stereocenters. The Hall–Kier alpha value is -1.51. The number of fused-ring (bicyclic) bond motifs is 3. The van der Waals surface area contributed by atoms with Crippen molar-refractivity contribution >= 4 is 5.97 Å². The van der Waals surface area contributed by atoms with Crippen molar-refractivity contribution < 1.29 is 14.6 Å². The first-order valence-corrected chi connectivity index (χ1v) is 6.54. The third kappa shape index (κ3) is 1.61. The molecule has 0 saturated heterocycles. The number of rotatable bonds is 1. The summed E-state index contributed by atoms with van der Waals surface area (Å²) in [6.45, 7) is 3.73. The minimum Gasteiger partial charge on any atom is -0.487 e. The smallest absolute Gasteiger partial charge is 0.310 e. The summed E-state index contributed by atoms with van der Waals surface area (Å²) in [5.74, 6) is -0.337. The zero-order chi connectivity index (χ0) is 12.9. The van der Waals surface area contributed by atoms with E-state index < -0.39 is 17.5 Å². The maximum Gasteiger partial charge on any atom is 0.310 e. The van der Waals surface area contributed by atoms with E-state index in [9.17, 15) is 9.90 Å². The van der Waals surface area contributed by atoms with Crippen molar-refractivity contribution in [2.75, 3.05) is 0 Å². The van der Waals surface area contributed by atoms with E-state index in [-0.39, 0.29) is 0 Å². The Labute approximate surface area is 107 Å². The molecule has 0 aromatic heterocycles. The SMILES string of the molecule is CC1(C)Oc2ccc3c(c2CC1C(=O)O)CCC3. The van der Waals surface area contributed by atoms with Crippen LogP contribution in [0.5, 0.6) is 5.75 Å². The summed E-state index contributed by atoms with van der Waals surface area (Å²) in [6, 6.07) is 4.15. The number of carbonyl (C=O) groups is 1. The average molecular weight is 246 g/mol. The molecule has 3 heteroatoms. The third-order valence-electron chi connectivity index (χ3n) is 4.28. The summed E-state index contributed by atoms with van der Waals surface area (Å²) in [7, 11) is 0. The summed E-state index contributed by atoms with van der Waals surface area (Å²) in [5, 5.41) is 9.37. The van der Waals surface area contributed by atoms with Gasteiger partial charge in [-0.1, -0.05) is 6.07 Å². The van der Waals surface area contributed by atoms with Gasteiger partial charge in [-0.25, -0.2) is 0 Å². The molecule has 0 spiro atoms. The molecule has 18 heavy (non-hydrogen) atoms.